The van der Waals surface area contributed by atoms with Gasteiger partial charge in [-0.25, -0.2) is 0 Å². The molecule has 2 N–H and O–H groups in total. The topological polar surface area (TPSA) is 66.0 Å². The Labute approximate surface area is 92.0 Å². The number of aromatic amines is 1. The lowest BCUT2D eigenvalue weighted by atomic mass is 10.1. The lowest BCUT2D eigenvalue weighted by Gasteiger charge is -2.07. The van der Waals surface area contributed by atoms with Crippen LogP contribution in [0.4, 0.5) is 0 Å². The van der Waals surface area contributed by atoms with Crippen LogP contribution in [0.25, 0.3) is 11.0 Å². The Bertz CT molecular complexity index is 643. The van der Waals surface area contributed by atoms with E-state index in [1.807, 2.05) is 6.92 Å². The van der Waals surface area contributed by atoms with E-state index in [1.165, 1.54) is 11.6 Å². The predicted molar refractivity (Wildman–Crippen MR) is 60.8 cm³/mol. The fourth-order valence-corrected chi connectivity index (χ4v) is 2.43. The van der Waals surface area contributed by atoms with E-state index in [0.717, 1.165) is 36.0 Å². The molecule has 82 valence electrons. The minimum absolute atomic E-state index is 0.266. The molecule has 2 aromatic rings. The van der Waals surface area contributed by atoms with E-state index in [1.54, 1.807) is 0 Å². The Hall–Kier alpha value is -1.84. The largest absolute Gasteiger partial charge is 0.503 e. The van der Waals surface area contributed by atoms with E-state index in [2.05, 4.69) is 9.97 Å². The standard InChI is InChI=1S/C12H12N2O2/c1-6-7-3-2-4-8(7)13-9-5-10(15)12(16)14-11(6)9/h5,15H,2-4H2,1H3,(H,14,16). The fraction of sp³-hybridized carbons (Fsp3) is 0.333. The van der Waals surface area contributed by atoms with Gasteiger partial charge in [0, 0.05) is 11.8 Å². The van der Waals surface area contributed by atoms with Crippen molar-refractivity contribution in [1.82, 2.24) is 9.97 Å². The van der Waals surface area contributed by atoms with Crippen LogP contribution in [0.2, 0.25) is 0 Å². The summed E-state index contributed by atoms with van der Waals surface area (Å²) >= 11 is 0. The van der Waals surface area contributed by atoms with Crippen LogP contribution in [0.1, 0.15) is 23.2 Å². The van der Waals surface area contributed by atoms with Gasteiger partial charge in [-0.1, -0.05) is 0 Å². The number of nitrogens with zero attached hydrogens (tertiary/aromatic N) is 1. The number of H-pyrrole nitrogens is 1. The van der Waals surface area contributed by atoms with Crippen LogP contribution >= 0.6 is 0 Å². The number of hydrogen-bond donors (Lipinski definition) is 2. The molecule has 2 heterocycles. The number of aromatic hydroxyl groups is 1. The molecule has 4 nitrogen and oxygen atoms in total. The highest BCUT2D eigenvalue weighted by atomic mass is 16.3. The monoisotopic (exact) mass is 216 g/mol. The lowest BCUT2D eigenvalue weighted by Crippen LogP contribution is -2.07. The summed E-state index contributed by atoms with van der Waals surface area (Å²) in [6.45, 7) is 2.00. The van der Waals surface area contributed by atoms with E-state index >= 15 is 0 Å². The van der Waals surface area contributed by atoms with E-state index < -0.39 is 5.56 Å². The van der Waals surface area contributed by atoms with Crippen LogP contribution in [0.5, 0.6) is 5.75 Å². The van der Waals surface area contributed by atoms with Crippen LogP contribution in [-0.4, -0.2) is 15.1 Å². The van der Waals surface area contributed by atoms with E-state index in [9.17, 15) is 9.90 Å². The zero-order valence-corrected chi connectivity index (χ0v) is 9.00. The summed E-state index contributed by atoms with van der Waals surface area (Å²) in [7, 11) is 0. The van der Waals surface area contributed by atoms with Gasteiger partial charge in [0.2, 0.25) is 0 Å². The zero-order chi connectivity index (χ0) is 11.3. The Morgan fingerprint density at radius 2 is 2.25 bits per heavy atom. The van der Waals surface area contributed by atoms with Gasteiger partial charge in [0.05, 0.1) is 11.0 Å². The van der Waals surface area contributed by atoms with Crippen LogP contribution in [0.15, 0.2) is 10.9 Å². The van der Waals surface area contributed by atoms with E-state index in [0.29, 0.717) is 5.52 Å². The molecule has 0 aromatic carbocycles. The van der Waals surface area contributed by atoms with Crippen molar-refractivity contribution in [2.75, 3.05) is 0 Å². The average molecular weight is 216 g/mol. The van der Waals surface area contributed by atoms with Crippen molar-refractivity contribution in [2.24, 2.45) is 0 Å². The molecule has 0 aliphatic heterocycles. The molecule has 2 aromatic heterocycles. The number of pyridine rings is 2. The molecule has 0 amide bonds. The van der Waals surface area contributed by atoms with Crippen molar-refractivity contribution in [3.63, 3.8) is 0 Å². The van der Waals surface area contributed by atoms with Gasteiger partial charge in [-0.15, -0.1) is 0 Å². The summed E-state index contributed by atoms with van der Waals surface area (Å²) in [6.07, 6.45) is 3.15. The van der Waals surface area contributed by atoms with Crippen LogP contribution in [-0.2, 0) is 12.8 Å². The Kier molecular flexibility index (Phi) is 1.80. The van der Waals surface area contributed by atoms with Crippen LogP contribution in [0.3, 0.4) is 0 Å². The summed E-state index contributed by atoms with van der Waals surface area (Å²) < 4.78 is 0. The van der Waals surface area contributed by atoms with E-state index in [4.69, 9.17) is 0 Å². The van der Waals surface area contributed by atoms with Crippen molar-refractivity contribution in [2.45, 2.75) is 26.2 Å². The highest BCUT2D eigenvalue weighted by molar-refractivity contribution is 5.80. The Balaban J connectivity index is 2.46. The Morgan fingerprint density at radius 1 is 1.44 bits per heavy atom. The van der Waals surface area contributed by atoms with Crippen molar-refractivity contribution < 1.29 is 5.11 Å². The van der Waals surface area contributed by atoms with Crippen LogP contribution < -0.4 is 5.56 Å². The number of hydrogen-bond acceptors (Lipinski definition) is 3. The van der Waals surface area contributed by atoms with E-state index in [-0.39, 0.29) is 5.75 Å². The maximum atomic E-state index is 11.4. The minimum Gasteiger partial charge on any atom is -0.503 e. The molecule has 0 atom stereocenters. The quantitative estimate of drug-likeness (QED) is 0.700. The molecule has 0 spiro atoms. The molecule has 3 rings (SSSR count). The molecule has 0 saturated heterocycles. The first-order chi connectivity index (χ1) is 7.66. The molecule has 1 aliphatic rings. The first kappa shape index (κ1) is 9.39. The van der Waals surface area contributed by atoms with Crippen molar-refractivity contribution in [3.05, 3.63) is 33.2 Å². The number of fused-ring (bicyclic) bond motifs is 2. The molecule has 0 radical (unpaired) electrons. The highest BCUT2D eigenvalue weighted by Gasteiger charge is 2.18. The minimum atomic E-state index is -0.449. The maximum Gasteiger partial charge on any atom is 0.290 e. The summed E-state index contributed by atoms with van der Waals surface area (Å²) in [6, 6.07) is 1.44. The zero-order valence-electron chi connectivity index (χ0n) is 9.00. The smallest absolute Gasteiger partial charge is 0.290 e. The predicted octanol–water partition coefficient (Wildman–Crippen LogP) is 1.43. The third-order valence-electron chi connectivity index (χ3n) is 3.27. The van der Waals surface area contributed by atoms with Gasteiger partial charge >= 0.3 is 0 Å². The molecule has 0 unspecified atom stereocenters. The SMILES string of the molecule is Cc1c2c(nc3cc(O)c(=O)[nH]c13)CCC2. The molecule has 0 fully saturated rings. The lowest BCUT2D eigenvalue weighted by molar-refractivity contribution is 0.468. The molecular weight excluding hydrogens is 204 g/mol. The van der Waals surface area contributed by atoms with Gasteiger partial charge in [0.15, 0.2) is 5.75 Å². The van der Waals surface area contributed by atoms with Gasteiger partial charge in [-0.05, 0) is 37.3 Å². The number of aromatic nitrogens is 2. The van der Waals surface area contributed by atoms with Crippen LogP contribution in [0, 0.1) is 6.92 Å². The number of nitrogens with one attached hydrogen (secondary N) is 1. The third-order valence-corrected chi connectivity index (χ3v) is 3.27. The second-order valence-electron chi connectivity index (χ2n) is 4.26. The summed E-state index contributed by atoms with van der Waals surface area (Å²) in [5.74, 6) is -0.266. The van der Waals surface area contributed by atoms with Crippen molar-refractivity contribution in [3.8, 4) is 5.75 Å². The van der Waals surface area contributed by atoms with Gasteiger partial charge in [-0.3, -0.25) is 9.78 Å². The second kappa shape index (κ2) is 3.07. The number of rotatable bonds is 0. The maximum absolute atomic E-state index is 11.4. The highest BCUT2D eigenvalue weighted by Crippen LogP contribution is 2.28. The van der Waals surface area contributed by atoms with Gasteiger partial charge in [0.25, 0.3) is 5.56 Å². The normalized spacial score (nSPS) is 14.3. The molecule has 0 saturated carbocycles. The van der Waals surface area contributed by atoms with Crippen molar-refractivity contribution >= 4 is 11.0 Å². The molecular formula is C12H12N2O2. The van der Waals surface area contributed by atoms with Gasteiger partial charge in [-0.2, -0.15) is 0 Å². The first-order valence-corrected chi connectivity index (χ1v) is 5.41. The fourth-order valence-electron chi connectivity index (χ4n) is 2.43. The summed E-state index contributed by atoms with van der Waals surface area (Å²) in [5, 5.41) is 9.37. The molecule has 16 heavy (non-hydrogen) atoms. The van der Waals surface area contributed by atoms with Crippen molar-refractivity contribution in [1.29, 1.82) is 0 Å². The van der Waals surface area contributed by atoms with Gasteiger partial charge in [0.1, 0.15) is 0 Å². The summed E-state index contributed by atoms with van der Waals surface area (Å²) in [4.78, 5) is 18.5. The average Bonchev–Trinajstić information content (AvgIpc) is 2.70. The summed E-state index contributed by atoms with van der Waals surface area (Å²) in [5.41, 5.74) is 4.44. The molecule has 4 heteroatoms. The second-order valence-corrected chi connectivity index (χ2v) is 4.26. The third kappa shape index (κ3) is 1.16. The number of aryl methyl sites for hydroxylation is 2. The van der Waals surface area contributed by atoms with Gasteiger partial charge < -0.3 is 10.1 Å². The Morgan fingerprint density at radius 3 is 3.06 bits per heavy atom. The molecule has 1 aliphatic carbocycles. The first-order valence-electron chi connectivity index (χ1n) is 5.41. The molecule has 0 bridgehead atoms.